The van der Waals surface area contributed by atoms with Gasteiger partial charge in [-0.05, 0) is 79.0 Å². The first kappa shape index (κ1) is 43.2. The van der Waals surface area contributed by atoms with Crippen molar-refractivity contribution in [3.05, 3.63) is 95.6 Å². The predicted molar refractivity (Wildman–Crippen MR) is 214 cm³/mol. The van der Waals surface area contributed by atoms with Crippen LogP contribution >= 0.6 is 0 Å². The largest absolute Gasteiger partial charge is 0.508 e. The average molecular weight is 799 g/mol. The first-order chi connectivity index (χ1) is 27.7. The van der Waals surface area contributed by atoms with Gasteiger partial charge in [0, 0.05) is 25.9 Å². The summed E-state index contributed by atoms with van der Waals surface area (Å²) < 4.78 is 0. The molecule has 0 unspecified atom stereocenters. The second-order valence-corrected chi connectivity index (χ2v) is 15.2. The minimum absolute atomic E-state index is 0.00570. The summed E-state index contributed by atoms with van der Waals surface area (Å²) in [5.74, 6) is -4.27. The Labute approximate surface area is 338 Å². The van der Waals surface area contributed by atoms with Gasteiger partial charge in [0.1, 0.15) is 41.7 Å². The Morgan fingerprint density at radius 1 is 0.672 bits per heavy atom. The van der Waals surface area contributed by atoms with E-state index in [4.69, 9.17) is 5.73 Å². The number of amides is 5. The summed E-state index contributed by atoms with van der Waals surface area (Å²) >= 11 is 0. The second-order valence-electron chi connectivity index (χ2n) is 15.2. The second kappa shape index (κ2) is 19.9. The zero-order valence-corrected chi connectivity index (χ0v) is 32.9. The van der Waals surface area contributed by atoms with Crippen LogP contribution in [-0.4, -0.2) is 110 Å². The van der Waals surface area contributed by atoms with Crippen LogP contribution in [0, 0.1) is 5.92 Å². The normalized spacial score (nSPS) is 19.0. The van der Waals surface area contributed by atoms with E-state index < -0.39 is 71.8 Å². The SMILES string of the molecule is CC[C@H](C)[C@H](NC(=O)[C@H](Cc1ccccc1)NC(=O)[C@H](Cc1ccc(O)cc1)NC(=O)[C@@H]1CCCN1C(=O)[C@@H](N)Cc1ccc(O)cc1)C(=O)N1CCC[C@H]1C(=O)O. The number of phenols is 2. The number of carboxylic acid groups (broad SMARTS) is 1. The van der Waals surface area contributed by atoms with E-state index in [-0.39, 0.29) is 49.8 Å². The number of nitrogens with zero attached hydrogens (tertiary/aromatic N) is 2. The van der Waals surface area contributed by atoms with Crippen molar-refractivity contribution in [2.75, 3.05) is 13.1 Å². The van der Waals surface area contributed by atoms with Gasteiger partial charge in [-0.2, -0.15) is 0 Å². The third-order valence-electron chi connectivity index (χ3n) is 11.1. The summed E-state index contributed by atoms with van der Waals surface area (Å²) in [5, 5.41) is 37.8. The van der Waals surface area contributed by atoms with E-state index in [9.17, 15) is 44.1 Å². The fraction of sp³-hybridized carbons (Fsp3) is 0.442. The van der Waals surface area contributed by atoms with Crippen molar-refractivity contribution in [3.63, 3.8) is 0 Å². The van der Waals surface area contributed by atoms with Crippen molar-refractivity contribution < 1.29 is 44.1 Å². The Hall–Kier alpha value is -5.96. The molecule has 3 aromatic rings. The van der Waals surface area contributed by atoms with Crippen LogP contribution in [0.15, 0.2) is 78.9 Å². The molecule has 58 heavy (non-hydrogen) atoms. The summed E-state index contributed by atoms with van der Waals surface area (Å²) in [7, 11) is 0. The van der Waals surface area contributed by atoms with Crippen LogP contribution in [-0.2, 0) is 48.0 Å². The molecule has 15 nitrogen and oxygen atoms in total. The van der Waals surface area contributed by atoms with Crippen molar-refractivity contribution in [1.29, 1.82) is 0 Å². The summed E-state index contributed by atoms with van der Waals surface area (Å²) in [4.78, 5) is 84.7. The number of rotatable bonds is 17. The van der Waals surface area contributed by atoms with Gasteiger partial charge >= 0.3 is 5.97 Å². The minimum Gasteiger partial charge on any atom is -0.508 e. The van der Waals surface area contributed by atoms with Crippen LogP contribution < -0.4 is 21.7 Å². The summed E-state index contributed by atoms with van der Waals surface area (Å²) in [6.07, 6.45) is 2.38. The molecule has 2 fully saturated rings. The van der Waals surface area contributed by atoms with Gasteiger partial charge in [-0.15, -0.1) is 0 Å². The van der Waals surface area contributed by atoms with Crippen LogP contribution in [0.3, 0.4) is 0 Å². The molecule has 310 valence electrons. The van der Waals surface area contributed by atoms with Gasteiger partial charge in [0.2, 0.25) is 29.5 Å². The van der Waals surface area contributed by atoms with Crippen LogP contribution in [0.1, 0.15) is 62.6 Å². The van der Waals surface area contributed by atoms with Gasteiger partial charge < -0.3 is 46.8 Å². The Balaban J connectivity index is 1.37. The smallest absolute Gasteiger partial charge is 0.326 e. The van der Waals surface area contributed by atoms with Crippen molar-refractivity contribution >= 4 is 35.5 Å². The maximum atomic E-state index is 14.3. The number of hydrogen-bond donors (Lipinski definition) is 7. The van der Waals surface area contributed by atoms with Crippen molar-refractivity contribution in [3.8, 4) is 11.5 Å². The number of nitrogens with two attached hydrogens (primary N) is 1. The molecule has 0 aliphatic carbocycles. The van der Waals surface area contributed by atoms with E-state index in [0.717, 1.165) is 5.56 Å². The lowest BCUT2D eigenvalue weighted by Gasteiger charge is -2.32. The monoisotopic (exact) mass is 798 g/mol. The maximum Gasteiger partial charge on any atom is 0.326 e. The molecule has 0 spiro atoms. The maximum absolute atomic E-state index is 14.3. The fourth-order valence-corrected chi connectivity index (χ4v) is 7.57. The highest BCUT2D eigenvalue weighted by Gasteiger charge is 2.41. The van der Waals surface area contributed by atoms with E-state index in [2.05, 4.69) is 16.0 Å². The fourth-order valence-electron chi connectivity index (χ4n) is 7.57. The standard InChI is InChI=1S/C43H54N6O9/c1-3-26(2)37(42(56)49-22-8-12-36(49)43(57)58)47-39(53)34(24-27-9-5-4-6-10-27)45-38(52)33(25-29-15-19-31(51)20-16-29)46-40(54)35-11-7-21-48(35)41(55)32(44)23-28-13-17-30(50)18-14-28/h4-6,9-10,13-20,26,32-37,50-51H,3,7-8,11-12,21-25,44H2,1-2H3,(H,45,52)(H,46,54)(H,47,53)(H,57,58)/t26-,32-,33-,34-,35-,36-,37-/m0/s1. The van der Waals surface area contributed by atoms with E-state index >= 15 is 0 Å². The number of hydrogen-bond acceptors (Lipinski definition) is 9. The number of benzene rings is 3. The summed E-state index contributed by atoms with van der Waals surface area (Å²) in [5.41, 5.74) is 8.36. The van der Waals surface area contributed by atoms with E-state index in [1.165, 1.54) is 34.1 Å². The minimum atomic E-state index is -1.24. The predicted octanol–water partition coefficient (Wildman–Crippen LogP) is 2.02. The summed E-state index contributed by atoms with van der Waals surface area (Å²) in [6.45, 7) is 4.18. The Bertz CT molecular complexity index is 1910. The molecular formula is C43H54N6O9. The molecular weight excluding hydrogens is 745 g/mol. The topological polar surface area (TPSA) is 232 Å². The molecule has 0 aromatic heterocycles. The highest BCUT2D eigenvalue weighted by atomic mass is 16.4. The van der Waals surface area contributed by atoms with Gasteiger partial charge in [-0.1, -0.05) is 74.9 Å². The molecule has 8 N–H and O–H groups in total. The molecule has 5 rings (SSSR count). The van der Waals surface area contributed by atoms with Crippen molar-refractivity contribution in [1.82, 2.24) is 25.8 Å². The number of carboxylic acids is 1. The van der Waals surface area contributed by atoms with Crippen molar-refractivity contribution in [2.45, 2.75) is 101 Å². The first-order valence-corrected chi connectivity index (χ1v) is 19.9. The quantitative estimate of drug-likeness (QED) is 0.105. The number of phenolic OH excluding ortho intramolecular Hbond substituents is 2. The number of carbonyl (C=O) groups is 6. The number of aromatic hydroxyl groups is 2. The highest BCUT2D eigenvalue weighted by Crippen LogP contribution is 2.23. The molecule has 5 amide bonds. The first-order valence-electron chi connectivity index (χ1n) is 19.9. The lowest BCUT2D eigenvalue weighted by Crippen LogP contribution is -2.60. The molecule has 2 saturated heterocycles. The summed E-state index contributed by atoms with van der Waals surface area (Å²) in [6, 6.07) is 15.0. The molecule has 15 heteroatoms. The van der Waals surface area contributed by atoms with E-state index in [1.54, 1.807) is 55.5 Å². The molecule has 0 bridgehead atoms. The van der Waals surface area contributed by atoms with E-state index in [1.807, 2.05) is 13.0 Å². The third-order valence-corrected chi connectivity index (χ3v) is 11.1. The highest BCUT2D eigenvalue weighted by molar-refractivity contribution is 5.97. The lowest BCUT2D eigenvalue weighted by molar-refractivity contribution is -0.150. The zero-order chi connectivity index (χ0) is 41.9. The number of carbonyl (C=O) groups excluding carboxylic acids is 5. The number of likely N-dealkylation sites (tertiary alicyclic amines) is 2. The molecule has 0 radical (unpaired) electrons. The van der Waals surface area contributed by atoms with Gasteiger partial charge in [0.15, 0.2) is 0 Å². The average Bonchev–Trinajstić information content (AvgIpc) is 3.92. The van der Waals surface area contributed by atoms with Gasteiger partial charge in [0.25, 0.3) is 0 Å². The molecule has 2 aliphatic heterocycles. The molecule has 2 aliphatic rings. The molecule has 0 saturated carbocycles. The Kier molecular flexibility index (Phi) is 14.8. The van der Waals surface area contributed by atoms with Crippen LogP contribution in [0.4, 0.5) is 0 Å². The van der Waals surface area contributed by atoms with E-state index in [0.29, 0.717) is 43.2 Å². The van der Waals surface area contributed by atoms with Crippen LogP contribution in [0.25, 0.3) is 0 Å². The van der Waals surface area contributed by atoms with Crippen LogP contribution in [0.2, 0.25) is 0 Å². The zero-order valence-electron chi connectivity index (χ0n) is 32.9. The molecule has 2 heterocycles. The van der Waals surface area contributed by atoms with Gasteiger partial charge in [-0.3, -0.25) is 24.0 Å². The van der Waals surface area contributed by atoms with Gasteiger partial charge in [0.05, 0.1) is 6.04 Å². The number of aliphatic carboxylic acids is 1. The Morgan fingerprint density at radius 3 is 1.71 bits per heavy atom. The van der Waals surface area contributed by atoms with Crippen molar-refractivity contribution in [2.24, 2.45) is 11.7 Å². The third kappa shape index (κ3) is 11.1. The lowest BCUT2D eigenvalue weighted by atomic mass is 9.96. The van der Waals surface area contributed by atoms with Gasteiger partial charge in [-0.25, -0.2) is 4.79 Å². The Morgan fingerprint density at radius 2 is 1.16 bits per heavy atom. The van der Waals surface area contributed by atoms with Crippen LogP contribution in [0.5, 0.6) is 11.5 Å². The molecule has 3 aromatic carbocycles. The molecule has 7 atom stereocenters. The number of nitrogens with one attached hydrogen (secondary N) is 3.